The first-order valence-corrected chi connectivity index (χ1v) is 6.45. The number of nitrogens with two attached hydrogens (primary N) is 1. The van der Waals surface area contributed by atoms with Crippen LogP contribution in [-0.4, -0.2) is 9.91 Å². The third-order valence-corrected chi connectivity index (χ3v) is 3.21. The van der Waals surface area contributed by atoms with Crippen LogP contribution in [-0.2, 0) is 6.61 Å². The summed E-state index contributed by atoms with van der Waals surface area (Å²) in [6.07, 6.45) is 0. The van der Waals surface area contributed by atoms with Crippen LogP contribution in [0.3, 0.4) is 0 Å². The summed E-state index contributed by atoms with van der Waals surface area (Å²) >= 11 is 11.9. The number of hydrogen-bond acceptors (Lipinski definition) is 6. The predicted octanol–water partition coefficient (Wildman–Crippen LogP) is 3.16. The molecule has 7 nitrogen and oxygen atoms in total. The van der Waals surface area contributed by atoms with Gasteiger partial charge in [-0.2, -0.15) is 0 Å². The standard InChI is InChI=1S/C12H10Cl2N4O3/c13-8-3-4-12(17-15)16-10(8)6-21-11-5-7(18(19)20)1-2-9(11)14/h1-5H,6,15H2,(H,16,17). The van der Waals surface area contributed by atoms with Gasteiger partial charge in [-0.25, -0.2) is 10.8 Å². The molecule has 9 heteroatoms. The first-order chi connectivity index (χ1) is 10.0. The molecule has 2 aromatic rings. The highest BCUT2D eigenvalue weighted by Crippen LogP contribution is 2.30. The average molecular weight is 329 g/mol. The number of nitro benzene ring substituents is 1. The number of benzene rings is 1. The van der Waals surface area contributed by atoms with Gasteiger partial charge >= 0.3 is 0 Å². The molecule has 0 atom stereocenters. The normalized spacial score (nSPS) is 10.2. The van der Waals surface area contributed by atoms with E-state index in [1.165, 1.54) is 18.2 Å². The maximum absolute atomic E-state index is 10.7. The quantitative estimate of drug-likeness (QED) is 0.496. The number of hydrogen-bond donors (Lipinski definition) is 2. The van der Waals surface area contributed by atoms with E-state index in [0.717, 1.165) is 0 Å². The first-order valence-electron chi connectivity index (χ1n) is 5.70. The Morgan fingerprint density at radius 1 is 1.29 bits per heavy atom. The summed E-state index contributed by atoms with van der Waals surface area (Å²) in [4.78, 5) is 14.3. The Balaban J connectivity index is 2.20. The van der Waals surface area contributed by atoms with Crippen LogP contribution in [0.4, 0.5) is 11.5 Å². The van der Waals surface area contributed by atoms with E-state index < -0.39 is 4.92 Å². The molecule has 0 aliphatic carbocycles. The number of nitrogens with zero attached hydrogens (tertiary/aromatic N) is 2. The summed E-state index contributed by atoms with van der Waals surface area (Å²) in [5, 5.41) is 11.4. The molecular weight excluding hydrogens is 319 g/mol. The summed E-state index contributed by atoms with van der Waals surface area (Å²) in [5.41, 5.74) is 2.69. The number of nitrogen functional groups attached to an aromatic ring is 1. The number of hydrazine groups is 1. The van der Waals surface area contributed by atoms with Crippen molar-refractivity contribution in [2.75, 3.05) is 5.43 Å². The summed E-state index contributed by atoms with van der Waals surface area (Å²) < 4.78 is 5.44. The van der Waals surface area contributed by atoms with Crippen LogP contribution in [0.1, 0.15) is 5.69 Å². The lowest BCUT2D eigenvalue weighted by molar-refractivity contribution is -0.384. The summed E-state index contributed by atoms with van der Waals surface area (Å²) in [5.74, 6) is 5.86. The van der Waals surface area contributed by atoms with E-state index in [1.807, 2.05) is 0 Å². The molecule has 0 spiro atoms. The fourth-order valence-electron chi connectivity index (χ4n) is 1.53. The smallest absolute Gasteiger partial charge is 0.273 e. The third-order valence-electron chi connectivity index (χ3n) is 2.56. The molecule has 1 heterocycles. The Labute approximate surface area is 129 Å². The molecule has 0 bridgehead atoms. The molecule has 1 aromatic carbocycles. The number of ether oxygens (including phenoxy) is 1. The lowest BCUT2D eigenvalue weighted by Gasteiger charge is -2.09. The van der Waals surface area contributed by atoms with Crippen molar-refractivity contribution in [2.24, 2.45) is 5.84 Å². The van der Waals surface area contributed by atoms with Crippen LogP contribution in [0.5, 0.6) is 5.75 Å². The molecule has 0 saturated heterocycles. The lowest BCUT2D eigenvalue weighted by Crippen LogP contribution is -2.10. The molecule has 0 radical (unpaired) electrons. The fraction of sp³-hybridized carbons (Fsp3) is 0.0833. The highest BCUT2D eigenvalue weighted by Gasteiger charge is 2.12. The molecule has 0 aliphatic heterocycles. The van der Waals surface area contributed by atoms with Crippen LogP contribution in [0.15, 0.2) is 30.3 Å². The molecule has 21 heavy (non-hydrogen) atoms. The van der Waals surface area contributed by atoms with Gasteiger partial charge in [-0.3, -0.25) is 10.1 Å². The predicted molar refractivity (Wildman–Crippen MR) is 79.5 cm³/mol. The van der Waals surface area contributed by atoms with Gasteiger partial charge in [0.25, 0.3) is 5.69 Å². The van der Waals surface area contributed by atoms with E-state index in [9.17, 15) is 10.1 Å². The second-order valence-corrected chi connectivity index (χ2v) is 4.74. The van der Waals surface area contributed by atoms with E-state index >= 15 is 0 Å². The number of rotatable bonds is 5. The molecule has 2 rings (SSSR count). The second-order valence-electron chi connectivity index (χ2n) is 3.93. The SMILES string of the molecule is NNc1ccc(Cl)c(COc2cc([N+](=O)[O-])ccc2Cl)n1. The number of non-ortho nitro benzene ring substituents is 1. The monoisotopic (exact) mass is 328 g/mol. The number of anilines is 1. The highest BCUT2D eigenvalue weighted by molar-refractivity contribution is 6.32. The molecule has 0 saturated carbocycles. The summed E-state index contributed by atoms with van der Waals surface area (Å²) in [6.45, 7) is -0.00472. The van der Waals surface area contributed by atoms with Crippen molar-refractivity contribution in [3.63, 3.8) is 0 Å². The van der Waals surface area contributed by atoms with E-state index in [2.05, 4.69) is 10.4 Å². The minimum atomic E-state index is -0.534. The molecule has 3 N–H and O–H groups in total. The largest absolute Gasteiger partial charge is 0.485 e. The maximum atomic E-state index is 10.7. The maximum Gasteiger partial charge on any atom is 0.273 e. The van der Waals surface area contributed by atoms with Gasteiger partial charge in [0.1, 0.15) is 18.2 Å². The minimum Gasteiger partial charge on any atom is -0.485 e. The van der Waals surface area contributed by atoms with Crippen LogP contribution >= 0.6 is 23.2 Å². The molecule has 110 valence electrons. The van der Waals surface area contributed by atoms with Crippen LogP contribution in [0.2, 0.25) is 10.0 Å². The third kappa shape index (κ3) is 3.72. The van der Waals surface area contributed by atoms with Crippen molar-refractivity contribution in [2.45, 2.75) is 6.61 Å². The van der Waals surface area contributed by atoms with Gasteiger partial charge in [0, 0.05) is 6.07 Å². The average Bonchev–Trinajstić information content (AvgIpc) is 2.47. The van der Waals surface area contributed by atoms with E-state index in [4.69, 9.17) is 33.8 Å². The van der Waals surface area contributed by atoms with Crippen LogP contribution in [0.25, 0.3) is 0 Å². The van der Waals surface area contributed by atoms with Crippen molar-refractivity contribution < 1.29 is 9.66 Å². The Morgan fingerprint density at radius 3 is 2.67 bits per heavy atom. The Kier molecular flexibility index (Phi) is 4.79. The molecule has 0 fully saturated rings. The van der Waals surface area contributed by atoms with Gasteiger partial charge < -0.3 is 10.2 Å². The van der Waals surface area contributed by atoms with E-state index in [-0.39, 0.29) is 23.1 Å². The molecular formula is C12H10Cl2N4O3. The highest BCUT2D eigenvalue weighted by atomic mass is 35.5. The summed E-state index contributed by atoms with van der Waals surface area (Å²) in [7, 11) is 0. The van der Waals surface area contributed by atoms with Crippen molar-refractivity contribution in [3.05, 3.63) is 56.2 Å². The topological polar surface area (TPSA) is 103 Å². The molecule has 0 amide bonds. The van der Waals surface area contributed by atoms with Gasteiger partial charge in [-0.05, 0) is 18.2 Å². The number of nitro groups is 1. The van der Waals surface area contributed by atoms with Crippen molar-refractivity contribution >= 4 is 34.7 Å². The lowest BCUT2D eigenvalue weighted by atomic mass is 10.3. The second kappa shape index (κ2) is 6.57. The Bertz CT molecular complexity index is 682. The number of aromatic nitrogens is 1. The van der Waals surface area contributed by atoms with Gasteiger partial charge in [0.2, 0.25) is 0 Å². The van der Waals surface area contributed by atoms with Crippen molar-refractivity contribution in [1.29, 1.82) is 0 Å². The number of pyridine rings is 1. The van der Waals surface area contributed by atoms with E-state index in [1.54, 1.807) is 12.1 Å². The first kappa shape index (κ1) is 15.3. The summed E-state index contributed by atoms with van der Waals surface area (Å²) in [6, 6.07) is 7.13. The molecule has 0 unspecified atom stereocenters. The molecule has 1 aromatic heterocycles. The van der Waals surface area contributed by atoms with Gasteiger partial charge in [-0.1, -0.05) is 23.2 Å². The zero-order valence-corrected chi connectivity index (χ0v) is 12.1. The van der Waals surface area contributed by atoms with Crippen LogP contribution < -0.4 is 16.0 Å². The zero-order chi connectivity index (χ0) is 15.4. The van der Waals surface area contributed by atoms with Crippen LogP contribution in [0, 0.1) is 10.1 Å². The minimum absolute atomic E-state index is 0.00472. The number of nitrogens with one attached hydrogen (secondary N) is 1. The number of halogens is 2. The zero-order valence-electron chi connectivity index (χ0n) is 10.5. The van der Waals surface area contributed by atoms with Gasteiger partial charge in [0.15, 0.2) is 0 Å². The van der Waals surface area contributed by atoms with E-state index in [0.29, 0.717) is 16.5 Å². The molecule has 0 aliphatic rings. The van der Waals surface area contributed by atoms with Gasteiger partial charge in [0.05, 0.1) is 26.7 Å². The van der Waals surface area contributed by atoms with Gasteiger partial charge in [-0.15, -0.1) is 0 Å². The fourth-order valence-corrected chi connectivity index (χ4v) is 1.86. The Hall–Kier alpha value is -2.09. The van der Waals surface area contributed by atoms with Crippen molar-refractivity contribution in [3.8, 4) is 5.75 Å². The van der Waals surface area contributed by atoms with Crippen molar-refractivity contribution in [1.82, 2.24) is 4.98 Å². The Morgan fingerprint density at radius 2 is 2.00 bits per heavy atom.